The van der Waals surface area contributed by atoms with E-state index in [1.54, 1.807) is 12.1 Å². The minimum atomic E-state index is -0.730. The Morgan fingerprint density at radius 2 is 1.55 bits per heavy atom. The molecule has 5 rings (SSSR count). The van der Waals surface area contributed by atoms with Gasteiger partial charge in [-0.2, -0.15) is 0 Å². The Morgan fingerprint density at radius 1 is 0.968 bits per heavy atom. The first-order valence-corrected chi connectivity index (χ1v) is 11.7. The van der Waals surface area contributed by atoms with Gasteiger partial charge in [-0.15, -0.1) is 0 Å². The van der Waals surface area contributed by atoms with Crippen molar-refractivity contribution in [3.63, 3.8) is 0 Å². The standard InChI is InChI=1S/C25H35N3O3/c1-15(2)22(26-23(30)20-7-5-4-6-16(20)3)24(31)28-27-21(29)14-25-11-17-8-18(12-25)10-19(9-17)13-25/h4-7,15,17-19,22H,8-14H2,1-3H3,(H,26,30)(H,27,29)(H,28,31). The number of amides is 3. The Morgan fingerprint density at radius 3 is 2.10 bits per heavy atom. The van der Waals surface area contributed by atoms with Gasteiger partial charge in [0.1, 0.15) is 6.04 Å². The molecule has 0 spiro atoms. The predicted octanol–water partition coefficient (Wildman–Crippen LogP) is 3.50. The number of hydrogen-bond donors (Lipinski definition) is 3. The van der Waals surface area contributed by atoms with E-state index in [-0.39, 0.29) is 23.1 Å². The molecule has 31 heavy (non-hydrogen) atoms. The van der Waals surface area contributed by atoms with Crippen LogP contribution in [0, 0.1) is 36.0 Å². The van der Waals surface area contributed by atoms with Gasteiger partial charge in [0.05, 0.1) is 0 Å². The molecule has 6 heteroatoms. The molecular formula is C25H35N3O3. The van der Waals surface area contributed by atoms with Crippen molar-refractivity contribution in [3.8, 4) is 0 Å². The van der Waals surface area contributed by atoms with E-state index in [0.717, 1.165) is 42.6 Å². The van der Waals surface area contributed by atoms with Crippen LogP contribution in [0.3, 0.4) is 0 Å². The number of aryl methyl sites for hydroxylation is 1. The molecular weight excluding hydrogens is 390 g/mol. The van der Waals surface area contributed by atoms with E-state index in [4.69, 9.17) is 0 Å². The fraction of sp³-hybridized carbons (Fsp3) is 0.640. The minimum absolute atomic E-state index is 0.118. The summed E-state index contributed by atoms with van der Waals surface area (Å²) in [7, 11) is 0. The van der Waals surface area contributed by atoms with Gasteiger partial charge in [-0.3, -0.25) is 25.2 Å². The fourth-order valence-corrected chi connectivity index (χ4v) is 6.68. The van der Waals surface area contributed by atoms with E-state index in [1.165, 1.54) is 19.3 Å². The Hall–Kier alpha value is -2.37. The summed E-state index contributed by atoms with van der Waals surface area (Å²) in [6.07, 6.45) is 7.97. The lowest BCUT2D eigenvalue weighted by atomic mass is 9.49. The first kappa shape index (κ1) is 21.8. The van der Waals surface area contributed by atoms with Gasteiger partial charge >= 0.3 is 0 Å². The molecule has 1 aromatic rings. The topological polar surface area (TPSA) is 87.3 Å². The summed E-state index contributed by atoms with van der Waals surface area (Å²) in [5.74, 6) is 1.44. The Kier molecular flexibility index (Phi) is 6.09. The zero-order valence-electron chi connectivity index (χ0n) is 18.9. The molecule has 0 aromatic heterocycles. The quantitative estimate of drug-likeness (QED) is 0.610. The summed E-state index contributed by atoms with van der Waals surface area (Å²) < 4.78 is 0. The van der Waals surface area contributed by atoms with Gasteiger partial charge in [-0.05, 0) is 86.2 Å². The third-order valence-electron chi connectivity index (χ3n) is 7.65. The van der Waals surface area contributed by atoms with Gasteiger partial charge in [0, 0.05) is 12.0 Å². The molecule has 1 aromatic carbocycles. The molecule has 4 fully saturated rings. The van der Waals surface area contributed by atoms with Crippen molar-refractivity contribution < 1.29 is 14.4 Å². The van der Waals surface area contributed by atoms with Crippen molar-refractivity contribution in [3.05, 3.63) is 35.4 Å². The highest BCUT2D eigenvalue weighted by Gasteiger charge is 2.51. The Labute approximate surface area is 184 Å². The second-order valence-corrected chi connectivity index (χ2v) is 10.6. The minimum Gasteiger partial charge on any atom is -0.340 e. The number of rotatable bonds is 6. The second kappa shape index (κ2) is 8.64. The molecule has 1 unspecified atom stereocenters. The van der Waals surface area contributed by atoms with Crippen LogP contribution in [0.5, 0.6) is 0 Å². The normalized spacial score (nSPS) is 29.5. The molecule has 0 aliphatic heterocycles. The van der Waals surface area contributed by atoms with Gasteiger partial charge < -0.3 is 5.32 Å². The Bertz CT molecular complexity index is 828. The third kappa shape index (κ3) is 4.78. The van der Waals surface area contributed by atoms with Gasteiger partial charge in [-0.1, -0.05) is 32.0 Å². The van der Waals surface area contributed by atoms with Crippen molar-refractivity contribution >= 4 is 17.7 Å². The van der Waals surface area contributed by atoms with Crippen LogP contribution in [-0.2, 0) is 9.59 Å². The van der Waals surface area contributed by atoms with Gasteiger partial charge in [0.15, 0.2) is 0 Å². The second-order valence-electron chi connectivity index (χ2n) is 10.6. The number of hydrazine groups is 1. The largest absolute Gasteiger partial charge is 0.340 e. The van der Waals surface area contributed by atoms with Crippen LogP contribution < -0.4 is 16.2 Å². The first-order valence-electron chi connectivity index (χ1n) is 11.7. The Balaban J connectivity index is 1.31. The maximum Gasteiger partial charge on any atom is 0.261 e. The molecule has 1 atom stereocenters. The van der Waals surface area contributed by atoms with E-state index in [0.29, 0.717) is 12.0 Å². The van der Waals surface area contributed by atoms with Crippen molar-refractivity contribution in [1.82, 2.24) is 16.2 Å². The zero-order chi connectivity index (χ0) is 22.2. The van der Waals surface area contributed by atoms with Crippen molar-refractivity contribution in [2.24, 2.45) is 29.1 Å². The van der Waals surface area contributed by atoms with Crippen LogP contribution in [0.4, 0.5) is 0 Å². The average Bonchev–Trinajstić information content (AvgIpc) is 2.68. The number of nitrogens with one attached hydrogen (secondary N) is 3. The van der Waals surface area contributed by atoms with Crippen molar-refractivity contribution in [2.75, 3.05) is 0 Å². The summed E-state index contributed by atoms with van der Waals surface area (Å²) in [6, 6.07) is 6.55. The van der Waals surface area contributed by atoms with Gasteiger partial charge in [0.25, 0.3) is 11.8 Å². The molecule has 0 heterocycles. The van der Waals surface area contributed by atoms with Crippen LogP contribution in [0.2, 0.25) is 0 Å². The summed E-state index contributed by atoms with van der Waals surface area (Å²) in [6.45, 7) is 5.61. The summed E-state index contributed by atoms with van der Waals surface area (Å²) in [5, 5.41) is 2.82. The molecule has 0 radical (unpaired) electrons. The summed E-state index contributed by atoms with van der Waals surface area (Å²) in [5.41, 5.74) is 6.72. The van der Waals surface area contributed by atoms with E-state index in [9.17, 15) is 14.4 Å². The molecule has 4 saturated carbocycles. The van der Waals surface area contributed by atoms with Crippen LogP contribution in [-0.4, -0.2) is 23.8 Å². The van der Waals surface area contributed by atoms with Crippen molar-refractivity contribution in [2.45, 2.75) is 71.8 Å². The van der Waals surface area contributed by atoms with Crippen LogP contribution >= 0.6 is 0 Å². The SMILES string of the molecule is Cc1ccccc1C(=O)NC(C(=O)NNC(=O)CC12CC3CC(CC(C3)C1)C2)C(C)C. The van der Waals surface area contributed by atoms with Gasteiger partial charge in [-0.25, -0.2) is 0 Å². The van der Waals surface area contributed by atoms with E-state index >= 15 is 0 Å². The van der Waals surface area contributed by atoms with E-state index in [1.807, 2.05) is 32.9 Å². The summed E-state index contributed by atoms with van der Waals surface area (Å²) in [4.78, 5) is 38.1. The molecule has 6 nitrogen and oxygen atoms in total. The average molecular weight is 426 g/mol. The maximum absolute atomic E-state index is 12.8. The van der Waals surface area contributed by atoms with Crippen LogP contribution in [0.1, 0.15) is 74.7 Å². The smallest absolute Gasteiger partial charge is 0.261 e. The lowest BCUT2D eigenvalue weighted by molar-refractivity contribution is -0.135. The lowest BCUT2D eigenvalue weighted by Gasteiger charge is -2.56. The van der Waals surface area contributed by atoms with E-state index < -0.39 is 11.9 Å². The van der Waals surface area contributed by atoms with E-state index in [2.05, 4.69) is 16.2 Å². The van der Waals surface area contributed by atoms with Crippen LogP contribution in [0.25, 0.3) is 0 Å². The van der Waals surface area contributed by atoms with Gasteiger partial charge in [0.2, 0.25) is 5.91 Å². The molecule has 3 amide bonds. The third-order valence-corrected chi connectivity index (χ3v) is 7.65. The molecule has 168 valence electrons. The number of carbonyl (C=O) groups is 3. The molecule has 4 aliphatic carbocycles. The summed E-state index contributed by atoms with van der Waals surface area (Å²) >= 11 is 0. The lowest BCUT2D eigenvalue weighted by Crippen LogP contribution is -2.55. The highest BCUT2D eigenvalue weighted by Crippen LogP contribution is 2.61. The molecule has 3 N–H and O–H groups in total. The molecule has 4 bridgehead atoms. The predicted molar refractivity (Wildman–Crippen MR) is 119 cm³/mol. The zero-order valence-corrected chi connectivity index (χ0v) is 18.9. The maximum atomic E-state index is 12.8. The highest BCUT2D eigenvalue weighted by atomic mass is 16.2. The number of benzene rings is 1. The van der Waals surface area contributed by atoms with Crippen molar-refractivity contribution in [1.29, 1.82) is 0 Å². The fourth-order valence-electron chi connectivity index (χ4n) is 6.68. The number of hydrogen-bond acceptors (Lipinski definition) is 3. The molecule has 4 aliphatic rings. The monoisotopic (exact) mass is 425 g/mol. The first-order chi connectivity index (χ1) is 14.7. The van der Waals surface area contributed by atoms with Crippen LogP contribution in [0.15, 0.2) is 24.3 Å². The number of carbonyl (C=O) groups excluding carboxylic acids is 3. The highest BCUT2D eigenvalue weighted by molar-refractivity contribution is 5.98. The molecule has 0 saturated heterocycles.